The van der Waals surface area contributed by atoms with Crippen molar-refractivity contribution >= 4 is 0 Å². The van der Waals surface area contributed by atoms with Crippen LogP contribution >= 0.6 is 0 Å². The normalized spacial score (nSPS) is 22.2. The lowest BCUT2D eigenvalue weighted by Crippen LogP contribution is -2.55. The van der Waals surface area contributed by atoms with Crippen LogP contribution in [0.2, 0.25) is 0 Å². The second kappa shape index (κ2) is 2.98. The zero-order valence-electron chi connectivity index (χ0n) is 8.36. The molecule has 0 aliphatic heterocycles. The van der Waals surface area contributed by atoms with Gasteiger partial charge in [-0.05, 0) is 30.2 Å². The van der Waals surface area contributed by atoms with Crippen molar-refractivity contribution in [1.82, 2.24) is 0 Å². The van der Waals surface area contributed by atoms with Gasteiger partial charge in [-0.2, -0.15) is 0 Å². The number of rotatable bonds is 1. The molecule has 1 aromatic rings. The van der Waals surface area contributed by atoms with E-state index in [9.17, 15) is 13.2 Å². The van der Waals surface area contributed by atoms with E-state index in [2.05, 4.69) is 0 Å². The number of benzene rings is 1. The molecule has 1 fully saturated rings. The maximum atomic E-state index is 12.8. The minimum atomic E-state index is -2.67. The molecule has 1 nitrogen and oxygen atoms in total. The predicted octanol–water partition coefficient (Wildman–Crippen LogP) is 2.72. The fourth-order valence-electron chi connectivity index (χ4n) is 2.25. The van der Waals surface area contributed by atoms with E-state index >= 15 is 0 Å². The van der Waals surface area contributed by atoms with Crippen molar-refractivity contribution in [2.45, 2.75) is 31.2 Å². The summed E-state index contributed by atoms with van der Waals surface area (Å²) in [4.78, 5) is 0. The zero-order valence-corrected chi connectivity index (χ0v) is 8.36. The van der Waals surface area contributed by atoms with Gasteiger partial charge in [0.15, 0.2) is 0 Å². The van der Waals surface area contributed by atoms with Crippen molar-refractivity contribution in [3.63, 3.8) is 0 Å². The molecule has 2 rings (SSSR count). The molecule has 0 atom stereocenters. The highest BCUT2D eigenvalue weighted by Gasteiger charge is 2.55. The van der Waals surface area contributed by atoms with Crippen molar-refractivity contribution in [3.05, 3.63) is 35.1 Å². The Bertz CT molecular complexity index is 393. The van der Waals surface area contributed by atoms with Crippen LogP contribution in [0.15, 0.2) is 18.2 Å². The molecule has 1 aliphatic carbocycles. The first-order chi connectivity index (χ1) is 6.82. The van der Waals surface area contributed by atoms with Crippen LogP contribution in [0.3, 0.4) is 0 Å². The molecule has 0 saturated heterocycles. The van der Waals surface area contributed by atoms with Crippen LogP contribution in [0.25, 0.3) is 0 Å². The number of aryl methyl sites for hydroxylation is 1. The van der Waals surface area contributed by atoms with E-state index in [1.807, 2.05) is 0 Å². The van der Waals surface area contributed by atoms with Crippen LogP contribution < -0.4 is 5.73 Å². The quantitative estimate of drug-likeness (QED) is 0.765. The van der Waals surface area contributed by atoms with Crippen LogP contribution in [0, 0.1) is 12.7 Å². The Labute approximate surface area is 86.1 Å². The Morgan fingerprint density at radius 3 is 2.33 bits per heavy atom. The second-order valence-electron chi connectivity index (χ2n) is 4.32. The smallest absolute Gasteiger partial charge is 0.252 e. The molecule has 1 aromatic carbocycles. The lowest BCUT2D eigenvalue weighted by atomic mass is 9.69. The molecule has 0 bridgehead atoms. The molecular weight excluding hydrogens is 203 g/mol. The summed E-state index contributed by atoms with van der Waals surface area (Å²) in [6.07, 6.45) is -0.709. The first-order valence-electron chi connectivity index (χ1n) is 4.76. The van der Waals surface area contributed by atoms with E-state index in [0.717, 1.165) is 0 Å². The molecule has 0 radical (unpaired) electrons. The van der Waals surface area contributed by atoms with Crippen LogP contribution in [-0.2, 0) is 5.54 Å². The monoisotopic (exact) mass is 215 g/mol. The number of hydrogen-bond acceptors (Lipinski definition) is 1. The highest BCUT2D eigenvalue weighted by atomic mass is 19.3. The Balaban J connectivity index is 2.32. The molecule has 2 N–H and O–H groups in total. The van der Waals surface area contributed by atoms with Gasteiger partial charge in [-0.3, -0.25) is 0 Å². The van der Waals surface area contributed by atoms with Crippen molar-refractivity contribution in [3.8, 4) is 0 Å². The highest BCUT2D eigenvalue weighted by molar-refractivity contribution is 5.36. The maximum absolute atomic E-state index is 12.8. The van der Waals surface area contributed by atoms with E-state index in [0.29, 0.717) is 11.1 Å². The SMILES string of the molecule is Cc1cc(F)ccc1C1(N)CC(F)(F)C1. The molecule has 0 amide bonds. The Kier molecular flexibility index (Phi) is 2.08. The third-order valence-corrected chi connectivity index (χ3v) is 2.87. The molecule has 0 heterocycles. The third-order valence-electron chi connectivity index (χ3n) is 2.87. The van der Waals surface area contributed by atoms with E-state index < -0.39 is 11.5 Å². The summed E-state index contributed by atoms with van der Waals surface area (Å²) in [6, 6.07) is 4.08. The summed E-state index contributed by atoms with van der Waals surface area (Å²) in [5, 5.41) is 0. The van der Waals surface area contributed by atoms with Crippen LogP contribution in [0.5, 0.6) is 0 Å². The molecule has 0 spiro atoms. The van der Waals surface area contributed by atoms with E-state index in [1.165, 1.54) is 18.2 Å². The number of nitrogens with two attached hydrogens (primary N) is 1. The summed E-state index contributed by atoms with van der Waals surface area (Å²) in [5.74, 6) is -3.04. The van der Waals surface area contributed by atoms with Gasteiger partial charge in [-0.25, -0.2) is 13.2 Å². The minimum Gasteiger partial charge on any atom is -0.321 e. The van der Waals surface area contributed by atoms with Crippen molar-refractivity contribution in [2.75, 3.05) is 0 Å². The third kappa shape index (κ3) is 1.74. The van der Waals surface area contributed by atoms with Gasteiger partial charge in [-0.1, -0.05) is 6.07 Å². The van der Waals surface area contributed by atoms with Crippen LogP contribution in [0.1, 0.15) is 24.0 Å². The number of halogens is 3. The summed E-state index contributed by atoms with van der Waals surface area (Å²) in [5.41, 5.74) is 6.12. The lowest BCUT2D eigenvalue weighted by Gasteiger charge is -2.45. The summed E-state index contributed by atoms with van der Waals surface area (Å²) in [6.45, 7) is 1.68. The van der Waals surface area contributed by atoms with Gasteiger partial charge >= 0.3 is 0 Å². The van der Waals surface area contributed by atoms with Gasteiger partial charge in [0.1, 0.15) is 5.82 Å². The molecule has 4 heteroatoms. The lowest BCUT2D eigenvalue weighted by molar-refractivity contribution is -0.125. The van der Waals surface area contributed by atoms with E-state index in [4.69, 9.17) is 5.73 Å². The van der Waals surface area contributed by atoms with Gasteiger partial charge in [0, 0.05) is 12.8 Å². The van der Waals surface area contributed by atoms with Crippen molar-refractivity contribution in [2.24, 2.45) is 5.73 Å². The van der Waals surface area contributed by atoms with Crippen LogP contribution in [-0.4, -0.2) is 5.92 Å². The van der Waals surface area contributed by atoms with Gasteiger partial charge in [0.05, 0.1) is 5.54 Å². The first kappa shape index (κ1) is 10.5. The van der Waals surface area contributed by atoms with Crippen LogP contribution in [0.4, 0.5) is 13.2 Å². The van der Waals surface area contributed by atoms with E-state index in [-0.39, 0.29) is 18.7 Å². The standard InChI is InChI=1S/C11H12F3N/c1-7-4-8(12)2-3-9(7)10(15)5-11(13,14)6-10/h2-4H,5-6,15H2,1H3. The fourth-order valence-corrected chi connectivity index (χ4v) is 2.25. The zero-order chi connectivity index (χ0) is 11.3. The van der Waals surface area contributed by atoms with Gasteiger partial charge in [0.25, 0.3) is 5.92 Å². The maximum Gasteiger partial charge on any atom is 0.252 e. The van der Waals surface area contributed by atoms with Crippen molar-refractivity contribution in [1.29, 1.82) is 0 Å². The Morgan fingerprint density at radius 2 is 1.87 bits per heavy atom. The van der Waals surface area contributed by atoms with Gasteiger partial charge in [-0.15, -0.1) is 0 Å². The Hall–Kier alpha value is -1.03. The first-order valence-corrected chi connectivity index (χ1v) is 4.76. The second-order valence-corrected chi connectivity index (χ2v) is 4.32. The average Bonchev–Trinajstić information content (AvgIpc) is 1.98. The molecule has 82 valence electrons. The van der Waals surface area contributed by atoms with Gasteiger partial charge in [0.2, 0.25) is 0 Å². The molecule has 0 aromatic heterocycles. The molecular formula is C11H12F3N. The molecule has 1 aliphatic rings. The largest absolute Gasteiger partial charge is 0.321 e. The van der Waals surface area contributed by atoms with Gasteiger partial charge < -0.3 is 5.73 Å². The average molecular weight is 215 g/mol. The van der Waals surface area contributed by atoms with Crippen molar-refractivity contribution < 1.29 is 13.2 Å². The highest BCUT2D eigenvalue weighted by Crippen LogP contribution is 2.50. The fraction of sp³-hybridized carbons (Fsp3) is 0.455. The molecule has 15 heavy (non-hydrogen) atoms. The minimum absolute atomic E-state index is 0.355. The number of alkyl halides is 2. The topological polar surface area (TPSA) is 26.0 Å². The summed E-state index contributed by atoms with van der Waals surface area (Å²) >= 11 is 0. The molecule has 0 unspecified atom stereocenters. The number of hydrogen-bond donors (Lipinski definition) is 1. The molecule has 1 saturated carbocycles. The summed E-state index contributed by atoms with van der Waals surface area (Å²) < 4.78 is 38.4. The summed E-state index contributed by atoms with van der Waals surface area (Å²) in [7, 11) is 0. The predicted molar refractivity (Wildman–Crippen MR) is 51.2 cm³/mol. The Morgan fingerprint density at radius 1 is 1.27 bits per heavy atom. The van der Waals surface area contributed by atoms with E-state index in [1.54, 1.807) is 6.92 Å².